The second-order valence-electron chi connectivity index (χ2n) is 3.26. The van der Waals surface area contributed by atoms with Gasteiger partial charge in [0, 0.05) is 6.42 Å². The third-order valence-electron chi connectivity index (χ3n) is 1.86. The number of nitrogens with one attached hydrogen (secondary N) is 2. The fourth-order valence-electron chi connectivity index (χ4n) is 1.12. The average Bonchev–Trinajstić information content (AvgIpc) is 2.50. The molecule has 1 heterocycles. The number of carboxylic acids is 1. The lowest BCUT2D eigenvalue weighted by atomic mass is 10.3. The molecule has 1 aliphatic heterocycles. The van der Waals surface area contributed by atoms with Crippen LogP contribution in [0.4, 0.5) is 0 Å². The van der Waals surface area contributed by atoms with Gasteiger partial charge in [-0.3, -0.25) is 14.4 Å². The molecule has 1 atom stereocenters. The summed E-state index contributed by atoms with van der Waals surface area (Å²) < 4.78 is 24.9. The number of aliphatic carboxylic acids is 1. The largest absolute Gasteiger partial charge is 0.481 e. The van der Waals surface area contributed by atoms with Crippen molar-refractivity contribution in [2.45, 2.75) is 18.9 Å². The molecule has 1 aliphatic rings. The number of hydrogen-bond acceptors (Lipinski definition) is 5. The Kier molecular flexibility index (Phi) is 4.21. The van der Waals surface area contributed by atoms with Gasteiger partial charge in [-0.15, -0.1) is 0 Å². The molecule has 9 heteroatoms. The zero-order valence-corrected chi connectivity index (χ0v) is 9.12. The van der Waals surface area contributed by atoms with Crippen LogP contribution in [-0.2, 0) is 24.4 Å². The Bertz CT molecular complexity index is 378. The minimum absolute atomic E-state index is 0.000136. The van der Waals surface area contributed by atoms with Crippen LogP contribution in [0, 0.1) is 0 Å². The van der Waals surface area contributed by atoms with Crippen LogP contribution in [0.1, 0.15) is 12.8 Å². The molecule has 8 nitrogen and oxygen atoms in total. The molecule has 0 unspecified atom stereocenters. The molecule has 0 aromatic rings. The first kappa shape index (κ1) is 12.9. The minimum atomic E-state index is -3.65. The van der Waals surface area contributed by atoms with E-state index in [0.717, 1.165) is 0 Å². The number of carboxylic acid groups (broad SMARTS) is 1. The first-order chi connectivity index (χ1) is 7.41. The highest BCUT2D eigenvalue weighted by Gasteiger charge is 2.29. The molecular formula is C7H12N2O6S. The summed E-state index contributed by atoms with van der Waals surface area (Å²) in [5, 5.41) is 8.34. The molecule has 92 valence electrons. The Morgan fingerprint density at radius 1 is 1.62 bits per heavy atom. The van der Waals surface area contributed by atoms with E-state index in [-0.39, 0.29) is 25.2 Å². The van der Waals surface area contributed by atoms with Gasteiger partial charge in [-0.1, -0.05) is 0 Å². The van der Waals surface area contributed by atoms with E-state index in [1.54, 1.807) is 0 Å². The molecule has 0 radical (unpaired) electrons. The van der Waals surface area contributed by atoms with Gasteiger partial charge >= 0.3 is 5.97 Å². The van der Waals surface area contributed by atoms with Crippen LogP contribution < -0.4 is 10.2 Å². The maximum atomic E-state index is 11.4. The first-order valence-corrected chi connectivity index (χ1v) is 6.19. The van der Waals surface area contributed by atoms with E-state index in [9.17, 15) is 18.0 Å². The van der Waals surface area contributed by atoms with Crippen molar-refractivity contribution < 1.29 is 28.0 Å². The number of carbonyl (C=O) groups is 2. The van der Waals surface area contributed by atoms with Gasteiger partial charge < -0.3 is 5.11 Å². The minimum Gasteiger partial charge on any atom is -0.481 e. The fourth-order valence-corrected chi connectivity index (χ4v) is 2.37. The first-order valence-electron chi connectivity index (χ1n) is 4.54. The molecule has 0 aromatic heterocycles. The lowest BCUT2D eigenvalue weighted by Gasteiger charge is -2.08. The lowest BCUT2D eigenvalue weighted by molar-refractivity contribution is -0.137. The van der Waals surface area contributed by atoms with E-state index in [4.69, 9.17) is 5.11 Å². The lowest BCUT2D eigenvalue weighted by Crippen LogP contribution is -2.42. The van der Waals surface area contributed by atoms with Gasteiger partial charge in [0.1, 0.15) is 12.6 Å². The van der Waals surface area contributed by atoms with Crippen LogP contribution in [0.2, 0.25) is 0 Å². The second kappa shape index (κ2) is 5.23. The van der Waals surface area contributed by atoms with E-state index in [1.807, 2.05) is 5.48 Å². The summed E-state index contributed by atoms with van der Waals surface area (Å²) in [7, 11) is -3.65. The predicted molar refractivity (Wildman–Crippen MR) is 51.7 cm³/mol. The number of amides is 1. The van der Waals surface area contributed by atoms with Gasteiger partial charge in [0.25, 0.3) is 5.91 Å². The van der Waals surface area contributed by atoms with E-state index in [1.165, 1.54) is 0 Å². The van der Waals surface area contributed by atoms with Gasteiger partial charge in [-0.2, -0.15) is 0 Å². The molecule has 1 saturated heterocycles. The van der Waals surface area contributed by atoms with Crippen molar-refractivity contribution in [3.63, 3.8) is 0 Å². The molecule has 0 bridgehead atoms. The Morgan fingerprint density at radius 3 is 2.81 bits per heavy atom. The fraction of sp³-hybridized carbons (Fsp3) is 0.714. The van der Waals surface area contributed by atoms with Crippen LogP contribution in [0.5, 0.6) is 0 Å². The van der Waals surface area contributed by atoms with Crippen LogP contribution in [0.25, 0.3) is 0 Å². The number of rotatable bonds is 6. The maximum absolute atomic E-state index is 11.4. The molecule has 1 fully saturated rings. The second-order valence-corrected chi connectivity index (χ2v) is 5.14. The zero-order chi connectivity index (χ0) is 12.2. The van der Waals surface area contributed by atoms with Crippen molar-refractivity contribution in [2.24, 2.45) is 0 Å². The van der Waals surface area contributed by atoms with E-state index < -0.39 is 27.9 Å². The Labute approximate surface area is 92.0 Å². The van der Waals surface area contributed by atoms with Crippen LogP contribution >= 0.6 is 0 Å². The Morgan fingerprint density at radius 2 is 2.31 bits per heavy atom. The molecule has 0 aromatic carbocycles. The van der Waals surface area contributed by atoms with Crippen LogP contribution in [-0.4, -0.2) is 43.8 Å². The predicted octanol–water partition coefficient (Wildman–Crippen LogP) is -1.80. The highest BCUT2D eigenvalue weighted by atomic mass is 32.2. The monoisotopic (exact) mass is 252 g/mol. The van der Waals surface area contributed by atoms with Crippen molar-refractivity contribution >= 4 is 21.9 Å². The quantitative estimate of drug-likeness (QED) is 0.512. The van der Waals surface area contributed by atoms with Gasteiger partial charge in [0.05, 0.1) is 5.75 Å². The van der Waals surface area contributed by atoms with Gasteiger partial charge in [0.2, 0.25) is 10.0 Å². The smallest absolute Gasteiger partial charge is 0.303 e. The maximum Gasteiger partial charge on any atom is 0.303 e. The third-order valence-corrected chi connectivity index (χ3v) is 3.33. The van der Waals surface area contributed by atoms with E-state index >= 15 is 0 Å². The summed E-state index contributed by atoms with van der Waals surface area (Å²) in [6, 6.07) is -0.935. The molecule has 1 amide bonds. The van der Waals surface area contributed by atoms with Crippen molar-refractivity contribution in [2.75, 3.05) is 12.4 Å². The Hall–Kier alpha value is -1.19. The van der Waals surface area contributed by atoms with Crippen LogP contribution in [0.3, 0.4) is 0 Å². The number of hydroxylamine groups is 1. The zero-order valence-electron chi connectivity index (χ0n) is 8.30. The van der Waals surface area contributed by atoms with Gasteiger partial charge in [0.15, 0.2) is 0 Å². The van der Waals surface area contributed by atoms with E-state index in [2.05, 4.69) is 9.56 Å². The molecule has 16 heavy (non-hydrogen) atoms. The summed E-state index contributed by atoms with van der Waals surface area (Å²) in [5.41, 5.74) is 2.01. The summed E-state index contributed by atoms with van der Waals surface area (Å²) >= 11 is 0. The summed E-state index contributed by atoms with van der Waals surface area (Å²) in [4.78, 5) is 25.7. The number of hydrogen-bond donors (Lipinski definition) is 3. The standard InChI is InChI=1S/C7H12N2O6S/c10-6(11)2-1-3-16(13,14)9-5-4-15-8-7(5)12/h5,9H,1-4H2,(H,8,12)(H,10,11)/t5-/m1/s1. The van der Waals surface area contributed by atoms with Gasteiger partial charge in [-0.05, 0) is 6.42 Å². The SMILES string of the molecule is O=C(O)CCCS(=O)(=O)N[C@@H]1CONC1=O. The molecule has 0 saturated carbocycles. The Balaban J connectivity index is 2.39. The number of carbonyl (C=O) groups excluding carboxylic acids is 1. The summed E-state index contributed by atoms with van der Waals surface area (Å²) in [5.74, 6) is -1.94. The number of sulfonamides is 1. The van der Waals surface area contributed by atoms with Crippen molar-refractivity contribution in [3.05, 3.63) is 0 Å². The topological polar surface area (TPSA) is 122 Å². The van der Waals surface area contributed by atoms with Crippen molar-refractivity contribution in [3.8, 4) is 0 Å². The summed E-state index contributed by atoms with van der Waals surface area (Å²) in [6.45, 7) is -0.0724. The molecule has 3 N–H and O–H groups in total. The molecule has 1 rings (SSSR count). The molecule has 0 spiro atoms. The summed E-state index contributed by atoms with van der Waals surface area (Å²) in [6.07, 6.45) is -0.228. The molecule has 0 aliphatic carbocycles. The average molecular weight is 252 g/mol. The van der Waals surface area contributed by atoms with Gasteiger partial charge in [-0.25, -0.2) is 18.6 Å². The van der Waals surface area contributed by atoms with Crippen molar-refractivity contribution in [1.82, 2.24) is 10.2 Å². The highest BCUT2D eigenvalue weighted by molar-refractivity contribution is 7.89. The molecular weight excluding hydrogens is 240 g/mol. The van der Waals surface area contributed by atoms with Crippen LogP contribution in [0.15, 0.2) is 0 Å². The normalized spacial score (nSPS) is 20.8. The third kappa shape index (κ3) is 4.13. The van der Waals surface area contributed by atoms with Crippen molar-refractivity contribution in [1.29, 1.82) is 0 Å². The van der Waals surface area contributed by atoms with E-state index in [0.29, 0.717) is 0 Å². The highest BCUT2D eigenvalue weighted by Crippen LogP contribution is 2.00.